The van der Waals surface area contributed by atoms with Crippen molar-refractivity contribution >= 4 is 11.8 Å². The lowest BCUT2D eigenvalue weighted by molar-refractivity contribution is -0.299. The molecule has 246 valence electrons. The highest BCUT2D eigenvalue weighted by Crippen LogP contribution is 2.64. The molecule has 4 aliphatic carbocycles. The number of cyclic esters (lactones) is 1. The first kappa shape index (κ1) is 32.2. The van der Waals surface area contributed by atoms with E-state index in [-0.39, 0.29) is 54.0 Å². The number of hydrogen-bond acceptors (Lipinski definition) is 11. The minimum absolute atomic E-state index is 0.00578. The molecule has 11 heteroatoms. The summed E-state index contributed by atoms with van der Waals surface area (Å²) in [5.74, 6) is 0.555. The predicted molar refractivity (Wildman–Crippen MR) is 155 cm³/mol. The van der Waals surface area contributed by atoms with Crippen LogP contribution in [-0.4, -0.2) is 105 Å². The van der Waals surface area contributed by atoms with Gasteiger partial charge in [0, 0.05) is 24.0 Å². The average Bonchev–Trinajstić information content (AvgIpc) is 3.34. The first-order valence-corrected chi connectivity index (χ1v) is 16.3. The molecule has 14 atom stereocenters. The third kappa shape index (κ3) is 5.31. The standard InChI is InChI=1S/C33H48O11/c1-14-16(13-42-32-30(40)29(39)28(38)26(12-34)44-32)8-25(43-31(14)41)15(2)21-4-5-22-19-11-23(36)20-9-17(35)10-24(37)27(20)18(19)6-7-33(21,22)3/h15,17-19,21-23,25-26,28-30,32,34-36,38-40H,4-13H2,1-3H3. The summed E-state index contributed by atoms with van der Waals surface area (Å²) in [5.41, 5.74) is 2.66. The SMILES string of the molecule is CC1=C(COC2OC(CO)C(O)C(O)C2O)CC(C(C)C2CCC3C4CC(O)C5=C(C(=O)CC(O)C5)C4CCC23C)OC1=O. The number of carbonyl (C=O) groups excluding carboxylic acids is 2. The topological polar surface area (TPSA) is 183 Å². The summed E-state index contributed by atoms with van der Waals surface area (Å²) in [6.07, 6.45) is -3.35. The molecule has 6 N–H and O–H groups in total. The number of esters is 1. The van der Waals surface area contributed by atoms with Crippen LogP contribution in [0.1, 0.15) is 72.1 Å². The van der Waals surface area contributed by atoms with E-state index < -0.39 is 55.5 Å². The van der Waals surface area contributed by atoms with E-state index >= 15 is 0 Å². The number of fused-ring (bicyclic) bond motifs is 4. The fourth-order valence-corrected chi connectivity index (χ4v) is 9.89. The Morgan fingerprint density at radius 3 is 2.48 bits per heavy atom. The van der Waals surface area contributed by atoms with E-state index in [4.69, 9.17) is 14.2 Å². The van der Waals surface area contributed by atoms with E-state index in [0.717, 1.165) is 36.8 Å². The van der Waals surface area contributed by atoms with Crippen LogP contribution < -0.4 is 0 Å². The predicted octanol–water partition coefficient (Wildman–Crippen LogP) is 0.915. The van der Waals surface area contributed by atoms with E-state index in [9.17, 15) is 40.2 Å². The third-order valence-electron chi connectivity index (χ3n) is 12.3. The largest absolute Gasteiger partial charge is 0.458 e. The Labute approximate surface area is 257 Å². The van der Waals surface area contributed by atoms with Gasteiger partial charge in [-0.3, -0.25) is 4.79 Å². The van der Waals surface area contributed by atoms with Gasteiger partial charge < -0.3 is 44.8 Å². The molecule has 0 aromatic carbocycles. The molecule has 44 heavy (non-hydrogen) atoms. The average molecular weight is 621 g/mol. The summed E-state index contributed by atoms with van der Waals surface area (Å²) >= 11 is 0. The molecule has 2 aliphatic heterocycles. The Morgan fingerprint density at radius 1 is 1.00 bits per heavy atom. The van der Waals surface area contributed by atoms with Crippen molar-refractivity contribution in [3.05, 3.63) is 22.3 Å². The Morgan fingerprint density at radius 2 is 1.75 bits per heavy atom. The van der Waals surface area contributed by atoms with Gasteiger partial charge in [-0.25, -0.2) is 4.79 Å². The van der Waals surface area contributed by atoms with E-state index in [2.05, 4.69) is 13.8 Å². The maximum atomic E-state index is 13.1. The van der Waals surface area contributed by atoms with E-state index in [0.29, 0.717) is 36.3 Å². The molecule has 2 heterocycles. The Bertz CT molecular complexity index is 1210. The lowest BCUT2D eigenvalue weighted by atomic mass is 9.51. The van der Waals surface area contributed by atoms with Crippen LogP contribution in [-0.2, 0) is 23.8 Å². The van der Waals surface area contributed by atoms with Crippen molar-refractivity contribution in [2.24, 2.45) is 35.0 Å². The smallest absolute Gasteiger partial charge is 0.334 e. The minimum Gasteiger partial charge on any atom is -0.458 e. The zero-order chi connectivity index (χ0) is 31.7. The van der Waals surface area contributed by atoms with Gasteiger partial charge in [-0.05, 0) is 91.6 Å². The van der Waals surface area contributed by atoms with Gasteiger partial charge in [0.2, 0.25) is 0 Å². The number of Topliss-reactive ketones (excluding diaryl/α,β-unsaturated/α-hetero) is 1. The van der Waals surface area contributed by atoms with Gasteiger partial charge in [-0.1, -0.05) is 13.8 Å². The van der Waals surface area contributed by atoms with Crippen LogP contribution in [0.3, 0.4) is 0 Å². The molecular formula is C33H48O11. The molecule has 6 aliphatic rings. The molecule has 0 amide bonds. The van der Waals surface area contributed by atoms with Gasteiger partial charge in [0.25, 0.3) is 0 Å². The summed E-state index contributed by atoms with van der Waals surface area (Å²) in [5, 5.41) is 61.3. The molecule has 0 aromatic heterocycles. The van der Waals surface area contributed by atoms with Gasteiger partial charge in [0.15, 0.2) is 12.1 Å². The normalized spacial score (nSPS) is 46.8. The van der Waals surface area contributed by atoms with Crippen molar-refractivity contribution in [3.8, 4) is 0 Å². The van der Waals surface area contributed by atoms with Crippen LogP contribution in [0.5, 0.6) is 0 Å². The minimum atomic E-state index is -1.55. The summed E-state index contributed by atoms with van der Waals surface area (Å²) < 4.78 is 17.3. The third-order valence-corrected chi connectivity index (χ3v) is 12.3. The number of carbonyl (C=O) groups is 2. The van der Waals surface area contributed by atoms with Crippen LogP contribution >= 0.6 is 0 Å². The van der Waals surface area contributed by atoms with Gasteiger partial charge in [0.1, 0.15) is 30.5 Å². The maximum Gasteiger partial charge on any atom is 0.334 e. The lowest BCUT2D eigenvalue weighted by Crippen LogP contribution is -2.59. The zero-order valence-corrected chi connectivity index (χ0v) is 25.8. The Hall–Kier alpha value is -1.70. The Balaban J connectivity index is 1.15. The second-order valence-electron chi connectivity index (χ2n) is 14.5. The number of hydrogen-bond donors (Lipinski definition) is 6. The highest BCUT2D eigenvalue weighted by molar-refractivity contribution is 5.98. The molecule has 6 rings (SSSR count). The van der Waals surface area contributed by atoms with Crippen molar-refractivity contribution < 1.29 is 54.4 Å². The van der Waals surface area contributed by atoms with E-state index in [1.807, 2.05) is 0 Å². The van der Waals surface area contributed by atoms with Gasteiger partial charge in [-0.2, -0.15) is 0 Å². The van der Waals surface area contributed by atoms with Crippen molar-refractivity contribution in [1.82, 2.24) is 0 Å². The monoisotopic (exact) mass is 620 g/mol. The highest BCUT2D eigenvalue weighted by atomic mass is 16.7. The fourth-order valence-electron chi connectivity index (χ4n) is 9.89. The summed E-state index contributed by atoms with van der Waals surface area (Å²) in [6.45, 7) is 5.55. The van der Waals surface area contributed by atoms with Crippen molar-refractivity contribution in [2.75, 3.05) is 13.2 Å². The molecule has 11 nitrogen and oxygen atoms in total. The number of ketones is 1. The van der Waals surface area contributed by atoms with E-state index in [1.165, 1.54) is 0 Å². The van der Waals surface area contributed by atoms with Gasteiger partial charge >= 0.3 is 5.97 Å². The van der Waals surface area contributed by atoms with Crippen molar-refractivity contribution in [1.29, 1.82) is 0 Å². The van der Waals surface area contributed by atoms with Crippen molar-refractivity contribution in [2.45, 2.75) is 121 Å². The van der Waals surface area contributed by atoms with Crippen LogP contribution in [0.4, 0.5) is 0 Å². The molecule has 0 spiro atoms. The molecular weight excluding hydrogens is 572 g/mol. The maximum absolute atomic E-state index is 13.1. The number of ether oxygens (including phenoxy) is 3. The number of rotatable bonds is 6. The summed E-state index contributed by atoms with van der Waals surface area (Å²) in [7, 11) is 0. The molecule has 3 fully saturated rings. The highest BCUT2D eigenvalue weighted by Gasteiger charge is 2.59. The first-order valence-electron chi connectivity index (χ1n) is 16.3. The molecule has 14 unspecified atom stereocenters. The Kier molecular flexibility index (Phi) is 8.91. The number of aliphatic hydroxyl groups is 6. The second kappa shape index (κ2) is 12.2. The molecule has 0 bridgehead atoms. The van der Waals surface area contributed by atoms with Crippen LogP contribution in [0.2, 0.25) is 0 Å². The lowest BCUT2D eigenvalue weighted by Gasteiger charge is -2.54. The summed E-state index contributed by atoms with van der Waals surface area (Å²) in [6, 6.07) is 0. The molecule has 1 saturated heterocycles. The van der Waals surface area contributed by atoms with Gasteiger partial charge in [-0.15, -0.1) is 0 Å². The van der Waals surface area contributed by atoms with Crippen LogP contribution in [0.25, 0.3) is 0 Å². The summed E-state index contributed by atoms with van der Waals surface area (Å²) in [4.78, 5) is 26.1. The van der Waals surface area contributed by atoms with Gasteiger partial charge in [0.05, 0.1) is 25.4 Å². The number of aliphatic hydroxyl groups excluding tert-OH is 6. The van der Waals surface area contributed by atoms with Crippen molar-refractivity contribution in [3.63, 3.8) is 0 Å². The van der Waals surface area contributed by atoms with Crippen LogP contribution in [0.15, 0.2) is 22.3 Å². The van der Waals surface area contributed by atoms with E-state index in [1.54, 1.807) is 6.92 Å². The van der Waals surface area contributed by atoms with Crippen LogP contribution in [0, 0.1) is 35.0 Å². The molecule has 2 saturated carbocycles. The fraction of sp³-hybridized carbons (Fsp3) is 0.818. The molecule has 0 radical (unpaired) electrons. The first-order chi connectivity index (χ1) is 20.8. The second-order valence-corrected chi connectivity index (χ2v) is 14.5. The quantitative estimate of drug-likeness (QED) is 0.232. The number of allylic oxidation sites excluding steroid dienone is 1. The zero-order valence-electron chi connectivity index (χ0n) is 25.8. The molecule has 0 aromatic rings.